The first-order chi connectivity index (χ1) is 11.5. The van der Waals surface area contributed by atoms with E-state index >= 15 is 0 Å². The molecule has 9 heteroatoms. The standard InChI is InChI=1S/C15H16ClN3O3S2/c16-12-7-11(8-17-9-12)15(20)18-13-3-1-5-19(10-13)24(21,22)14-4-2-6-23-14/h2,4,6-9,13H,1,3,5,10H2,(H,18,20)/t13-/m1/s1. The molecule has 2 aromatic heterocycles. The quantitative estimate of drug-likeness (QED) is 0.876. The zero-order valence-electron chi connectivity index (χ0n) is 12.7. The Bertz CT molecular complexity index is 824. The molecule has 1 saturated heterocycles. The summed E-state index contributed by atoms with van der Waals surface area (Å²) in [4.78, 5) is 16.2. The van der Waals surface area contributed by atoms with Crippen LogP contribution in [0.25, 0.3) is 0 Å². The largest absolute Gasteiger partial charge is 0.348 e. The lowest BCUT2D eigenvalue weighted by atomic mass is 10.1. The zero-order chi connectivity index (χ0) is 17.2. The number of hydrogen-bond acceptors (Lipinski definition) is 5. The van der Waals surface area contributed by atoms with Crippen LogP contribution in [0.2, 0.25) is 5.02 Å². The molecule has 0 unspecified atom stereocenters. The fourth-order valence-corrected chi connectivity index (χ4v) is 5.46. The number of rotatable bonds is 4. The van der Waals surface area contributed by atoms with Gasteiger partial charge in [-0.1, -0.05) is 17.7 Å². The highest BCUT2D eigenvalue weighted by molar-refractivity contribution is 7.91. The summed E-state index contributed by atoms with van der Waals surface area (Å²) in [6.07, 6.45) is 4.32. The highest BCUT2D eigenvalue weighted by atomic mass is 35.5. The topological polar surface area (TPSA) is 79.4 Å². The third-order valence-corrected chi connectivity index (χ3v) is 7.22. The van der Waals surface area contributed by atoms with Gasteiger partial charge in [-0.2, -0.15) is 4.31 Å². The van der Waals surface area contributed by atoms with E-state index < -0.39 is 10.0 Å². The lowest BCUT2D eigenvalue weighted by molar-refractivity contribution is 0.0921. The smallest absolute Gasteiger partial charge is 0.253 e. The third-order valence-electron chi connectivity index (χ3n) is 3.78. The molecule has 1 fully saturated rings. The summed E-state index contributed by atoms with van der Waals surface area (Å²) in [5.41, 5.74) is 0.362. The SMILES string of the molecule is O=C(N[C@@H]1CCCN(S(=O)(=O)c2cccs2)C1)c1cncc(Cl)c1. The van der Waals surface area contributed by atoms with E-state index in [1.165, 1.54) is 34.1 Å². The van der Waals surface area contributed by atoms with Crippen LogP contribution >= 0.6 is 22.9 Å². The minimum Gasteiger partial charge on any atom is -0.348 e. The van der Waals surface area contributed by atoms with Gasteiger partial charge in [-0.05, 0) is 30.4 Å². The predicted octanol–water partition coefficient (Wildman–Crippen LogP) is 2.38. The lowest BCUT2D eigenvalue weighted by Gasteiger charge is -2.32. The van der Waals surface area contributed by atoms with Crippen LogP contribution in [-0.2, 0) is 10.0 Å². The highest BCUT2D eigenvalue weighted by Gasteiger charge is 2.31. The van der Waals surface area contributed by atoms with Crippen LogP contribution < -0.4 is 5.32 Å². The molecule has 128 valence electrons. The molecule has 0 aromatic carbocycles. The number of sulfonamides is 1. The van der Waals surface area contributed by atoms with E-state index in [9.17, 15) is 13.2 Å². The molecule has 0 saturated carbocycles. The zero-order valence-corrected chi connectivity index (χ0v) is 15.1. The fourth-order valence-electron chi connectivity index (χ4n) is 2.62. The number of carbonyl (C=O) groups is 1. The minimum atomic E-state index is -3.49. The number of hydrogen-bond donors (Lipinski definition) is 1. The second-order valence-corrected chi connectivity index (χ2v) is 9.05. The van der Waals surface area contributed by atoms with Gasteiger partial charge in [0.2, 0.25) is 0 Å². The van der Waals surface area contributed by atoms with Gasteiger partial charge >= 0.3 is 0 Å². The number of thiophene rings is 1. The number of halogens is 1. The van der Waals surface area contributed by atoms with E-state index in [-0.39, 0.29) is 18.5 Å². The van der Waals surface area contributed by atoms with Crippen molar-refractivity contribution in [2.75, 3.05) is 13.1 Å². The molecule has 3 heterocycles. The predicted molar refractivity (Wildman–Crippen MR) is 92.8 cm³/mol. The Morgan fingerprint density at radius 2 is 2.25 bits per heavy atom. The van der Waals surface area contributed by atoms with E-state index in [1.807, 2.05) is 0 Å². The van der Waals surface area contributed by atoms with Gasteiger partial charge < -0.3 is 5.32 Å². The van der Waals surface area contributed by atoms with Crippen LogP contribution in [-0.4, -0.2) is 42.7 Å². The fraction of sp³-hybridized carbons (Fsp3) is 0.333. The van der Waals surface area contributed by atoms with E-state index in [1.54, 1.807) is 17.5 Å². The second-order valence-electron chi connectivity index (χ2n) is 5.50. The van der Waals surface area contributed by atoms with Gasteiger partial charge in [0.15, 0.2) is 0 Å². The van der Waals surface area contributed by atoms with Gasteiger partial charge in [0.25, 0.3) is 15.9 Å². The van der Waals surface area contributed by atoms with Gasteiger partial charge in [0.05, 0.1) is 10.6 Å². The Morgan fingerprint density at radius 1 is 1.42 bits per heavy atom. The van der Waals surface area contributed by atoms with Gasteiger partial charge in [-0.25, -0.2) is 8.42 Å². The normalized spacial score (nSPS) is 19.1. The Balaban J connectivity index is 1.69. The van der Waals surface area contributed by atoms with Crippen molar-refractivity contribution in [3.05, 3.63) is 46.6 Å². The summed E-state index contributed by atoms with van der Waals surface area (Å²) in [5, 5.41) is 4.99. The number of nitrogens with zero attached hydrogens (tertiary/aromatic N) is 2. The van der Waals surface area contributed by atoms with Crippen molar-refractivity contribution in [1.29, 1.82) is 0 Å². The molecule has 1 aliphatic rings. The number of piperidine rings is 1. The maximum atomic E-state index is 12.6. The van der Waals surface area contributed by atoms with Crippen molar-refractivity contribution in [2.45, 2.75) is 23.1 Å². The molecule has 1 atom stereocenters. The van der Waals surface area contributed by atoms with Gasteiger partial charge in [-0.15, -0.1) is 11.3 Å². The third kappa shape index (κ3) is 3.77. The van der Waals surface area contributed by atoms with Crippen molar-refractivity contribution in [3.8, 4) is 0 Å². The monoisotopic (exact) mass is 385 g/mol. The van der Waals surface area contributed by atoms with Crippen molar-refractivity contribution in [1.82, 2.24) is 14.6 Å². The van der Waals surface area contributed by atoms with Crippen LogP contribution in [0.4, 0.5) is 0 Å². The molecule has 3 rings (SSSR count). The van der Waals surface area contributed by atoms with Crippen LogP contribution in [0.3, 0.4) is 0 Å². The average molecular weight is 386 g/mol. The second kappa shape index (κ2) is 7.18. The summed E-state index contributed by atoms with van der Waals surface area (Å²) in [6.45, 7) is 0.727. The Labute approximate surface area is 149 Å². The first-order valence-electron chi connectivity index (χ1n) is 7.42. The number of aromatic nitrogens is 1. The molecular formula is C15H16ClN3O3S2. The maximum absolute atomic E-state index is 12.6. The molecule has 1 aliphatic heterocycles. The minimum absolute atomic E-state index is 0.236. The van der Waals surface area contributed by atoms with Gasteiger partial charge in [0.1, 0.15) is 4.21 Å². The van der Waals surface area contributed by atoms with Crippen molar-refractivity contribution >= 4 is 38.9 Å². The highest BCUT2D eigenvalue weighted by Crippen LogP contribution is 2.24. The summed E-state index contributed by atoms with van der Waals surface area (Å²) >= 11 is 7.04. The first-order valence-corrected chi connectivity index (χ1v) is 10.1. The molecule has 1 amide bonds. The molecule has 24 heavy (non-hydrogen) atoms. The summed E-state index contributed by atoms with van der Waals surface area (Å²) in [6, 6.07) is 4.61. The van der Waals surface area contributed by atoms with Crippen LogP contribution in [0.15, 0.2) is 40.2 Å². The first kappa shape index (κ1) is 17.3. The Morgan fingerprint density at radius 3 is 2.96 bits per heavy atom. The summed E-state index contributed by atoms with van der Waals surface area (Å²) in [7, 11) is -3.49. The summed E-state index contributed by atoms with van der Waals surface area (Å²) in [5.74, 6) is -0.301. The van der Waals surface area contributed by atoms with E-state index in [0.717, 1.165) is 6.42 Å². The average Bonchev–Trinajstić information content (AvgIpc) is 3.10. The van der Waals surface area contributed by atoms with Crippen LogP contribution in [0, 0.1) is 0 Å². The number of nitrogens with one attached hydrogen (secondary N) is 1. The molecule has 0 bridgehead atoms. The molecule has 6 nitrogen and oxygen atoms in total. The van der Waals surface area contributed by atoms with E-state index in [0.29, 0.717) is 27.8 Å². The Hall–Kier alpha value is -1.48. The van der Waals surface area contributed by atoms with Gasteiger partial charge in [0, 0.05) is 31.5 Å². The van der Waals surface area contributed by atoms with Crippen molar-refractivity contribution in [3.63, 3.8) is 0 Å². The number of carbonyl (C=O) groups excluding carboxylic acids is 1. The molecule has 0 spiro atoms. The molecular weight excluding hydrogens is 370 g/mol. The molecule has 0 radical (unpaired) electrons. The number of pyridine rings is 1. The number of amides is 1. The van der Waals surface area contributed by atoms with Crippen LogP contribution in [0.1, 0.15) is 23.2 Å². The molecule has 1 N–H and O–H groups in total. The van der Waals surface area contributed by atoms with E-state index in [4.69, 9.17) is 11.6 Å². The van der Waals surface area contributed by atoms with Crippen LogP contribution in [0.5, 0.6) is 0 Å². The van der Waals surface area contributed by atoms with Crippen molar-refractivity contribution < 1.29 is 13.2 Å². The maximum Gasteiger partial charge on any atom is 0.253 e. The Kier molecular flexibility index (Phi) is 5.19. The van der Waals surface area contributed by atoms with Crippen molar-refractivity contribution in [2.24, 2.45) is 0 Å². The molecule has 0 aliphatic carbocycles. The molecule has 2 aromatic rings. The lowest BCUT2D eigenvalue weighted by Crippen LogP contribution is -2.49. The summed E-state index contributed by atoms with van der Waals surface area (Å²) < 4.78 is 26.9. The van der Waals surface area contributed by atoms with E-state index in [2.05, 4.69) is 10.3 Å². The van der Waals surface area contributed by atoms with Gasteiger partial charge in [-0.3, -0.25) is 9.78 Å².